The molecule has 8 heavy (non-hydrogen) atoms. The maximum atomic E-state index is 10.00. The fraction of sp³-hybridized carbons (Fsp3) is 0.333. The Morgan fingerprint density at radius 3 is 2.00 bits per heavy atom. The topological polar surface area (TPSA) is 80.4 Å². The minimum absolute atomic E-state index is 0.711. The van der Waals surface area contributed by atoms with Gasteiger partial charge < -0.3 is 10.8 Å². The van der Waals surface area contributed by atoms with Crippen LogP contribution < -0.4 is 5.73 Å². The molecule has 0 bridgehead atoms. The summed E-state index contributed by atoms with van der Waals surface area (Å²) in [7, 11) is 1.65. The van der Waals surface area contributed by atoms with E-state index < -0.39 is 17.5 Å². The Balaban J connectivity index is 3.83. The molecule has 0 aliphatic rings. The van der Waals surface area contributed by atoms with E-state index in [1.165, 1.54) is 0 Å². The minimum atomic E-state index is -1.67. The molecular weight excluding hydrogens is 129 g/mol. The third-order valence-electron chi connectivity index (χ3n) is 0.539. The highest BCUT2D eigenvalue weighted by molar-refractivity contribution is 7.40. The summed E-state index contributed by atoms with van der Waals surface area (Å²) in [5, 5.41) is 8.36. The van der Waals surface area contributed by atoms with Crippen LogP contribution in [0.15, 0.2) is 0 Å². The van der Waals surface area contributed by atoms with Crippen molar-refractivity contribution in [3.8, 4) is 0 Å². The predicted molar refractivity (Wildman–Crippen MR) is 29.9 cm³/mol. The molecule has 2 atom stereocenters. The van der Waals surface area contributed by atoms with Crippen LogP contribution in [0.4, 0.5) is 0 Å². The second-order valence-electron chi connectivity index (χ2n) is 1.21. The number of aliphatic hydroxyl groups is 1. The molecule has 0 aromatic rings. The van der Waals surface area contributed by atoms with Crippen LogP contribution in [0.2, 0.25) is 0 Å². The zero-order valence-corrected chi connectivity index (χ0v) is 5.15. The van der Waals surface area contributed by atoms with Crippen molar-refractivity contribution in [1.82, 2.24) is 0 Å². The molecule has 1 amide bonds. The third kappa shape index (κ3) is 2.00. The molecule has 0 heterocycles. The summed E-state index contributed by atoms with van der Waals surface area (Å²) in [4.78, 5) is 19.9. The lowest BCUT2D eigenvalue weighted by atomic mass is 10.4. The van der Waals surface area contributed by atoms with Crippen molar-refractivity contribution in [2.24, 2.45) is 5.73 Å². The molecule has 0 spiro atoms. The third-order valence-corrected chi connectivity index (χ3v) is 0.855. The van der Waals surface area contributed by atoms with Gasteiger partial charge in [-0.15, -0.1) is 0 Å². The SMILES string of the molecule is NC(=O)C(O)C(=O)P. The number of aliphatic hydroxyl groups excluding tert-OH is 1. The second kappa shape index (κ2) is 2.74. The van der Waals surface area contributed by atoms with Crippen LogP contribution in [0.3, 0.4) is 0 Å². The standard InChI is InChI=1S/C3H6NO3P/c4-2(6)1(5)3(7)8/h1,5H,8H2,(H2,4,6). The largest absolute Gasteiger partial charge is 0.376 e. The highest BCUT2D eigenvalue weighted by atomic mass is 31.0. The van der Waals surface area contributed by atoms with Gasteiger partial charge in [-0.05, 0) is 0 Å². The summed E-state index contributed by atoms with van der Waals surface area (Å²) in [6, 6.07) is 0. The molecule has 0 aromatic heterocycles. The van der Waals surface area contributed by atoms with Crippen molar-refractivity contribution >= 4 is 20.7 Å². The van der Waals surface area contributed by atoms with Gasteiger partial charge in [0.05, 0.1) is 0 Å². The van der Waals surface area contributed by atoms with Gasteiger partial charge in [0, 0.05) is 0 Å². The molecule has 0 aliphatic carbocycles. The summed E-state index contributed by atoms with van der Waals surface area (Å²) in [6.07, 6.45) is -1.67. The molecule has 0 saturated heterocycles. The number of nitrogens with two attached hydrogens (primary N) is 1. The highest BCUT2D eigenvalue weighted by Crippen LogP contribution is 1.91. The first-order chi connectivity index (χ1) is 3.55. The van der Waals surface area contributed by atoms with Gasteiger partial charge in [0.25, 0.3) is 5.91 Å². The molecule has 46 valence electrons. The summed E-state index contributed by atoms with van der Waals surface area (Å²) >= 11 is 0. The van der Waals surface area contributed by atoms with Gasteiger partial charge in [0.1, 0.15) is 0 Å². The van der Waals surface area contributed by atoms with Crippen LogP contribution in [0.1, 0.15) is 0 Å². The normalized spacial score (nSPS) is 12.8. The van der Waals surface area contributed by atoms with Gasteiger partial charge in [-0.25, -0.2) is 0 Å². The lowest BCUT2D eigenvalue weighted by Crippen LogP contribution is -2.32. The summed E-state index contributed by atoms with van der Waals surface area (Å²) < 4.78 is 0. The number of rotatable bonds is 2. The van der Waals surface area contributed by atoms with Crippen LogP contribution in [-0.2, 0) is 9.59 Å². The van der Waals surface area contributed by atoms with Gasteiger partial charge in [-0.3, -0.25) is 9.59 Å². The molecule has 4 nitrogen and oxygen atoms in total. The number of primary amides is 1. The number of hydrogen-bond acceptors (Lipinski definition) is 3. The molecule has 3 N–H and O–H groups in total. The fourth-order valence-corrected chi connectivity index (χ4v) is 0.304. The van der Waals surface area contributed by atoms with Gasteiger partial charge in [0.15, 0.2) is 11.6 Å². The first-order valence-electron chi connectivity index (χ1n) is 1.82. The van der Waals surface area contributed by atoms with E-state index in [4.69, 9.17) is 5.11 Å². The molecule has 0 aliphatic heterocycles. The molecular formula is C3H6NO3P. The lowest BCUT2D eigenvalue weighted by molar-refractivity contribution is -0.133. The van der Waals surface area contributed by atoms with Crippen LogP contribution in [0.5, 0.6) is 0 Å². The van der Waals surface area contributed by atoms with Gasteiger partial charge in [-0.1, -0.05) is 9.24 Å². The van der Waals surface area contributed by atoms with Crippen molar-refractivity contribution in [2.45, 2.75) is 6.10 Å². The second-order valence-corrected chi connectivity index (χ2v) is 1.78. The Morgan fingerprint density at radius 2 is 2.00 bits per heavy atom. The van der Waals surface area contributed by atoms with Gasteiger partial charge in [0.2, 0.25) is 0 Å². The fourth-order valence-electron chi connectivity index (χ4n) is 0.140. The van der Waals surface area contributed by atoms with Crippen molar-refractivity contribution < 1.29 is 14.7 Å². The summed E-state index contributed by atoms with van der Waals surface area (Å²) in [5.74, 6) is -1.02. The quantitative estimate of drug-likeness (QED) is 0.347. The Labute approximate surface area is 48.3 Å². The van der Waals surface area contributed by atoms with Crippen molar-refractivity contribution in [3.63, 3.8) is 0 Å². The van der Waals surface area contributed by atoms with Gasteiger partial charge >= 0.3 is 0 Å². The van der Waals surface area contributed by atoms with E-state index in [0.29, 0.717) is 0 Å². The number of amides is 1. The van der Waals surface area contributed by atoms with E-state index in [-0.39, 0.29) is 0 Å². The maximum Gasteiger partial charge on any atom is 0.254 e. The number of carbonyl (C=O) groups excluding carboxylic acids is 2. The van der Waals surface area contributed by atoms with E-state index in [1.807, 2.05) is 0 Å². The van der Waals surface area contributed by atoms with Crippen molar-refractivity contribution in [3.05, 3.63) is 0 Å². The van der Waals surface area contributed by atoms with Crippen LogP contribution >= 0.6 is 9.24 Å². The number of hydrogen-bond donors (Lipinski definition) is 2. The summed E-state index contributed by atoms with van der Waals surface area (Å²) in [5.41, 5.74) is 3.80. The molecule has 0 saturated carbocycles. The molecule has 0 fully saturated rings. The van der Waals surface area contributed by atoms with Crippen LogP contribution in [0.25, 0.3) is 0 Å². The Bertz CT molecular complexity index is 110. The molecule has 2 unspecified atom stereocenters. The minimum Gasteiger partial charge on any atom is -0.376 e. The highest BCUT2D eigenvalue weighted by Gasteiger charge is 2.15. The molecule has 0 rings (SSSR count). The van der Waals surface area contributed by atoms with E-state index in [1.54, 1.807) is 9.24 Å². The Hall–Kier alpha value is -0.470. The lowest BCUT2D eigenvalue weighted by Gasteiger charge is -1.96. The Morgan fingerprint density at radius 1 is 1.62 bits per heavy atom. The summed E-state index contributed by atoms with van der Waals surface area (Å²) in [6.45, 7) is 0. The number of carbonyl (C=O) groups is 2. The smallest absolute Gasteiger partial charge is 0.254 e. The van der Waals surface area contributed by atoms with Crippen molar-refractivity contribution in [1.29, 1.82) is 0 Å². The Kier molecular flexibility index (Phi) is 2.58. The van der Waals surface area contributed by atoms with Crippen LogP contribution in [0, 0.1) is 0 Å². The maximum absolute atomic E-state index is 10.00. The first kappa shape index (κ1) is 7.53. The van der Waals surface area contributed by atoms with E-state index in [9.17, 15) is 9.59 Å². The zero-order chi connectivity index (χ0) is 6.73. The molecule has 0 radical (unpaired) electrons. The average molecular weight is 135 g/mol. The average Bonchev–Trinajstić information content (AvgIpc) is 1.64. The van der Waals surface area contributed by atoms with E-state index in [2.05, 4.69) is 5.73 Å². The molecule has 5 heteroatoms. The predicted octanol–water partition coefficient (Wildman–Crippen LogP) is -1.77. The first-order valence-corrected chi connectivity index (χ1v) is 2.40. The van der Waals surface area contributed by atoms with Crippen molar-refractivity contribution in [2.75, 3.05) is 0 Å². The monoisotopic (exact) mass is 135 g/mol. The zero-order valence-electron chi connectivity index (χ0n) is 4.00. The molecule has 0 aromatic carbocycles. The van der Waals surface area contributed by atoms with E-state index in [0.717, 1.165) is 0 Å². The van der Waals surface area contributed by atoms with Crippen LogP contribution in [-0.4, -0.2) is 22.6 Å². The van der Waals surface area contributed by atoms with Gasteiger partial charge in [-0.2, -0.15) is 0 Å². The van der Waals surface area contributed by atoms with E-state index >= 15 is 0 Å².